The van der Waals surface area contributed by atoms with Crippen LogP contribution in [0.1, 0.15) is 5.56 Å². The zero-order valence-corrected chi connectivity index (χ0v) is 30.3. The van der Waals surface area contributed by atoms with E-state index in [1.807, 2.05) is 0 Å². The SMILES string of the molecule is Cc1cc2c3c(c1)N1c4ccccc4[Si](C)(C)c4cccc(c41)B3N1c3ccccc3[Si]3(c4ccccc4-c4ccccc43)c3cccc-2c31. The van der Waals surface area contributed by atoms with Gasteiger partial charge in [-0.25, -0.2) is 0 Å². The maximum Gasteiger partial charge on any atom is 0.333 e. The lowest BCUT2D eigenvalue weighted by atomic mass is 9.43. The van der Waals surface area contributed by atoms with E-state index in [0.717, 1.165) is 0 Å². The molecule has 7 aromatic carbocycles. The van der Waals surface area contributed by atoms with Gasteiger partial charge < -0.3 is 9.71 Å². The van der Waals surface area contributed by atoms with E-state index in [1.165, 1.54) is 98.3 Å². The van der Waals surface area contributed by atoms with Gasteiger partial charge in [-0.2, -0.15) is 0 Å². The molecule has 2 nitrogen and oxygen atoms in total. The summed E-state index contributed by atoms with van der Waals surface area (Å²) >= 11 is 0. The summed E-state index contributed by atoms with van der Waals surface area (Å²) in [5.41, 5.74) is 16.6. The average Bonchev–Trinajstić information content (AvgIpc) is 3.44. The van der Waals surface area contributed by atoms with Crippen LogP contribution in [0.2, 0.25) is 13.1 Å². The molecule has 0 aromatic heterocycles. The molecule has 5 aliphatic rings. The second-order valence-electron chi connectivity index (χ2n) is 15.3. The van der Waals surface area contributed by atoms with E-state index in [1.54, 1.807) is 0 Å². The molecule has 0 unspecified atom stereocenters. The van der Waals surface area contributed by atoms with Crippen molar-refractivity contribution in [1.82, 2.24) is 0 Å². The van der Waals surface area contributed by atoms with Crippen molar-refractivity contribution in [1.29, 1.82) is 0 Å². The van der Waals surface area contributed by atoms with Crippen LogP contribution >= 0.6 is 0 Å². The first kappa shape index (κ1) is 27.5. The Labute approximate surface area is 295 Å². The van der Waals surface area contributed by atoms with Crippen molar-refractivity contribution in [3.63, 3.8) is 0 Å². The van der Waals surface area contributed by atoms with Crippen molar-refractivity contribution in [2.24, 2.45) is 0 Å². The van der Waals surface area contributed by atoms with E-state index in [0.29, 0.717) is 0 Å². The summed E-state index contributed by atoms with van der Waals surface area (Å²) in [5.74, 6) is 0. The highest BCUT2D eigenvalue weighted by atomic mass is 28.3. The third-order valence-corrected chi connectivity index (χ3v) is 21.1. The summed E-state index contributed by atoms with van der Waals surface area (Å²) in [6, 6.07) is 56.7. The first-order valence-electron chi connectivity index (χ1n) is 17.9. The molecule has 50 heavy (non-hydrogen) atoms. The molecule has 0 fully saturated rings. The molecule has 5 aliphatic heterocycles. The summed E-state index contributed by atoms with van der Waals surface area (Å²) in [6.07, 6.45) is 0. The Morgan fingerprint density at radius 3 is 1.80 bits per heavy atom. The van der Waals surface area contributed by atoms with Gasteiger partial charge in [-0.3, -0.25) is 0 Å². The number of benzene rings is 7. The second-order valence-corrected chi connectivity index (χ2v) is 23.3. The van der Waals surface area contributed by atoms with E-state index in [4.69, 9.17) is 0 Å². The molecule has 0 aliphatic carbocycles. The van der Waals surface area contributed by atoms with Crippen LogP contribution in [0.3, 0.4) is 0 Å². The Balaban J connectivity index is 1.26. The number of fused-ring (bicyclic) bond motifs is 15. The Hall–Kier alpha value is -5.36. The standard InChI is InChI=1S/C45H33BN2Si2/c1-28-26-32-31-16-12-25-42-44(31)48(35-19-7-11-23-40(35)50(42)37-20-8-4-14-29(37)30-15-5-9-21-38(30)50)46-33-17-13-24-41-45(33)47(36(27-28)43(32)46)34-18-6-10-22-39(34)49(41,2)3/h4-27H,1-3H3. The van der Waals surface area contributed by atoms with Gasteiger partial charge in [-0.05, 0) is 89.4 Å². The average molecular weight is 669 g/mol. The third-order valence-electron chi connectivity index (χ3n) is 12.6. The lowest BCUT2D eigenvalue weighted by molar-refractivity contribution is 1.26. The zero-order chi connectivity index (χ0) is 33.1. The first-order valence-corrected chi connectivity index (χ1v) is 22.9. The monoisotopic (exact) mass is 668 g/mol. The van der Waals surface area contributed by atoms with Gasteiger partial charge in [0.15, 0.2) is 8.07 Å². The van der Waals surface area contributed by atoms with Crippen LogP contribution in [0.25, 0.3) is 22.3 Å². The van der Waals surface area contributed by atoms with Gasteiger partial charge in [0.1, 0.15) is 8.07 Å². The Morgan fingerprint density at radius 1 is 0.460 bits per heavy atom. The van der Waals surface area contributed by atoms with E-state index in [2.05, 4.69) is 175 Å². The number of aryl methyl sites for hydroxylation is 1. The van der Waals surface area contributed by atoms with Gasteiger partial charge >= 0.3 is 6.85 Å². The maximum absolute atomic E-state index is 2.78. The number of nitrogens with zero attached hydrogens (tertiary/aromatic N) is 2. The molecule has 0 atom stereocenters. The molecule has 0 bridgehead atoms. The van der Waals surface area contributed by atoms with Crippen LogP contribution in [-0.4, -0.2) is 23.0 Å². The maximum atomic E-state index is 2.78. The molecule has 0 radical (unpaired) electrons. The molecule has 0 saturated carbocycles. The molecule has 234 valence electrons. The van der Waals surface area contributed by atoms with Gasteiger partial charge in [0.05, 0.1) is 0 Å². The number of hydrogen-bond acceptors (Lipinski definition) is 2. The van der Waals surface area contributed by atoms with E-state index in [-0.39, 0.29) is 6.85 Å². The molecular weight excluding hydrogens is 635 g/mol. The van der Waals surface area contributed by atoms with E-state index >= 15 is 0 Å². The Morgan fingerprint density at radius 2 is 1.04 bits per heavy atom. The van der Waals surface area contributed by atoms with Crippen LogP contribution in [-0.2, 0) is 0 Å². The van der Waals surface area contributed by atoms with Gasteiger partial charge in [-0.15, -0.1) is 0 Å². The summed E-state index contributed by atoms with van der Waals surface area (Å²) in [5, 5.41) is 9.13. The van der Waals surface area contributed by atoms with Crippen molar-refractivity contribution in [2.75, 3.05) is 9.71 Å². The fourth-order valence-corrected chi connectivity index (χ4v) is 19.4. The fourth-order valence-electron chi connectivity index (χ4n) is 10.8. The number of hydrogen-bond donors (Lipinski definition) is 0. The van der Waals surface area contributed by atoms with Crippen LogP contribution in [0, 0.1) is 6.92 Å². The van der Waals surface area contributed by atoms with Crippen LogP contribution in [0.4, 0.5) is 28.4 Å². The van der Waals surface area contributed by atoms with Crippen molar-refractivity contribution in [3.05, 3.63) is 151 Å². The number of para-hydroxylation sites is 4. The van der Waals surface area contributed by atoms with Gasteiger partial charge in [0.2, 0.25) is 0 Å². The van der Waals surface area contributed by atoms with E-state index in [9.17, 15) is 0 Å². The highest BCUT2D eigenvalue weighted by Gasteiger charge is 2.58. The van der Waals surface area contributed by atoms with Crippen molar-refractivity contribution in [2.45, 2.75) is 20.0 Å². The predicted octanol–water partition coefficient (Wildman–Crippen LogP) is 5.51. The predicted molar refractivity (Wildman–Crippen MR) is 218 cm³/mol. The van der Waals surface area contributed by atoms with E-state index < -0.39 is 16.1 Å². The van der Waals surface area contributed by atoms with Gasteiger partial charge in [0.25, 0.3) is 0 Å². The highest BCUT2D eigenvalue weighted by molar-refractivity contribution is 7.24. The molecule has 0 saturated heterocycles. The van der Waals surface area contributed by atoms with Crippen molar-refractivity contribution in [3.8, 4) is 22.3 Å². The van der Waals surface area contributed by atoms with Gasteiger partial charge in [0, 0.05) is 34.0 Å². The first-order chi connectivity index (χ1) is 24.5. The summed E-state index contributed by atoms with van der Waals surface area (Å²) in [6.45, 7) is 7.45. The van der Waals surface area contributed by atoms with Crippen LogP contribution in [0.5, 0.6) is 0 Å². The number of anilines is 5. The zero-order valence-electron chi connectivity index (χ0n) is 28.3. The minimum atomic E-state index is -2.66. The smallest absolute Gasteiger partial charge is 0.333 e. The molecule has 1 spiro atoms. The van der Waals surface area contributed by atoms with Crippen LogP contribution in [0.15, 0.2) is 146 Å². The minimum absolute atomic E-state index is 0.0647. The summed E-state index contributed by atoms with van der Waals surface area (Å²) in [4.78, 5) is 5.43. The molecule has 12 rings (SSSR count). The van der Waals surface area contributed by atoms with Crippen molar-refractivity contribution < 1.29 is 0 Å². The molecule has 0 N–H and O–H groups in total. The molecule has 7 aromatic rings. The topological polar surface area (TPSA) is 6.48 Å². The third kappa shape index (κ3) is 2.94. The Kier molecular flexibility index (Phi) is 4.97. The molecule has 5 heterocycles. The minimum Gasteiger partial charge on any atom is -0.376 e. The molecular formula is C45H33BN2Si2. The Bertz CT molecular complexity index is 2650. The fraction of sp³-hybridized carbons (Fsp3) is 0.0667. The summed E-state index contributed by atoms with van der Waals surface area (Å²) < 4.78 is 0. The summed E-state index contributed by atoms with van der Waals surface area (Å²) in [7, 11) is -4.65. The lowest BCUT2D eigenvalue weighted by Crippen LogP contribution is -2.78. The second kappa shape index (κ2) is 9.05. The van der Waals surface area contributed by atoms with Crippen LogP contribution < -0.4 is 51.8 Å². The van der Waals surface area contributed by atoms with Gasteiger partial charge in [-0.1, -0.05) is 140 Å². The number of rotatable bonds is 0. The molecule has 5 heteroatoms. The molecule has 0 amide bonds. The highest BCUT2D eigenvalue weighted by Crippen LogP contribution is 2.49. The normalized spacial score (nSPS) is 16.5. The lowest BCUT2D eigenvalue weighted by Gasteiger charge is -2.53. The van der Waals surface area contributed by atoms with Crippen molar-refractivity contribution >= 4 is 93.5 Å². The quantitative estimate of drug-likeness (QED) is 0.197. The largest absolute Gasteiger partial charge is 0.376 e.